The van der Waals surface area contributed by atoms with E-state index in [4.69, 9.17) is 0 Å². The Hall–Kier alpha value is -2.51. The maximum Gasteiger partial charge on any atom is 0.196 e. The van der Waals surface area contributed by atoms with Crippen molar-refractivity contribution in [3.8, 4) is 5.69 Å². The summed E-state index contributed by atoms with van der Waals surface area (Å²) in [5, 5.41) is 9.02. The van der Waals surface area contributed by atoms with Crippen molar-refractivity contribution >= 4 is 17.5 Å². The number of nitrogens with zero attached hydrogens (tertiary/aromatic N) is 4. The summed E-state index contributed by atoms with van der Waals surface area (Å²) in [6.45, 7) is 5.99. The number of carbonyl (C=O) groups is 1. The molecule has 0 unspecified atom stereocenters. The van der Waals surface area contributed by atoms with E-state index in [9.17, 15) is 9.18 Å². The van der Waals surface area contributed by atoms with E-state index >= 15 is 0 Å². The van der Waals surface area contributed by atoms with Crippen molar-refractivity contribution in [3.05, 3.63) is 71.3 Å². The molecule has 5 nitrogen and oxygen atoms in total. The number of benzene rings is 2. The minimum Gasteiger partial charge on any atom is -0.300 e. The number of halogens is 1. The first-order chi connectivity index (χ1) is 14.3. The maximum absolute atomic E-state index is 13.5. The van der Waals surface area contributed by atoms with E-state index in [1.807, 2.05) is 61.7 Å². The van der Waals surface area contributed by atoms with Crippen LogP contribution in [0.15, 0.2) is 53.7 Å². The van der Waals surface area contributed by atoms with Crippen LogP contribution in [0, 0.1) is 5.82 Å². The number of rotatable bonds is 8. The van der Waals surface area contributed by atoms with E-state index in [2.05, 4.69) is 17.1 Å². The molecule has 2 atom stereocenters. The quantitative estimate of drug-likeness (QED) is 0.377. The van der Waals surface area contributed by atoms with Gasteiger partial charge < -0.3 is 0 Å². The zero-order valence-electron chi connectivity index (χ0n) is 18.0. The molecule has 0 aliphatic heterocycles. The zero-order chi connectivity index (χ0) is 21.8. The van der Waals surface area contributed by atoms with Gasteiger partial charge in [0, 0.05) is 11.3 Å². The predicted molar refractivity (Wildman–Crippen MR) is 119 cm³/mol. The Bertz CT molecular complexity index is 999. The Morgan fingerprint density at radius 3 is 2.27 bits per heavy atom. The molecule has 0 amide bonds. The second kappa shape index (κ2) is 9.53. The van der Waals surface area contributed by atoms with Crippen molar-refractivity contribution in [1.82, 2.24) is 19.7 Å². The molecule has 30 heavy (non-hydrogen) atoms. The number of hydrogen-bond donors (Lipinski definition) is 0. The van der Waals surface area contributed by atoms with E-state index in [1.165, 1.54) is 29.5 Å². The van der Waals surface area contributed by atoms with Crippen molar-refractivity contribution in [2.75, 3.05) is 14.1 Å². The molecule has 0 saturated carbocycles. The molecule has 7 heteroatoms. The van der Waals surface area contributed by atoms with Gasteiger partial charge in [-0.15, -0.1) is 10.2 Å². The summed E-state index contributed by atoms with van der Waals surface area (Å²) in [5.41, 5.74) is 2.65. The molecule has 0 radical (unpaired) electrons. The smallest absolute Gasteiger partial charge is 0.196 e. The minimum absolute atomic E-state index is 0.00972. The number of carbonyl (C=O) groups excluding carboxylic acids is 1. The predicted octanol–water partition coefficient (Wildman–Crippen LogP) is 4.95. The summed E-state index contributed by atoms with van der Waals surface area (Å²) in [5.74, 6) is 0.474. The fourth-order valence-corrected chi connectivity index (χ4v) is 3.99. The number of aryl methyl sites for hydroxylation is 1. The average molecular weight is 427 g/mol. The highest BCUT2D eigenvalue weighted by atomic mass is 32.2. The van der Waals surface area contributed by atoms with Gasteiger partial charge in [0.25, 0.3) is 0 Å². The van der Waals surface area contributed by atoms with Crippen LogP contribution in [0.1, 0.15) is 48.6 Å². The lowest BCUT2D eigenvalue weighted by Crippen LogP contribution is -2.21. The Balaban J connectivity index is 1.92. The number of hydrogen-bond acceptors (Lipinski definition) is 5. The fraction of sp³-hybridized carbons (Fsp3) is 0.348. The van der Waals surface area contributed by atoms with Crippen molar-refractivity contribution in [1.29, 1.82) is 0 Å². The largest absolute Gasteiger partial charge is 0.300 e. The molecule has 3 rings (SSSR count). The summed E-state index contributed by atoms with van der Waals surface area (Å²) in [7, 11) is 3.93. The Labute approximate surface area is 181 Å². The molecule has 2 aromatic carbocycles. The molecule has 158 valence electrons. The van der Waals surface area contributed by atoms with Gasteiger partial charge in [0.05, 0.1) is 11.3 Å². The van der Waals surface area contributed by atoms with Gasteiger partial charge in [0.15, 0.2) is 16.8 Å². The number of ketones is 1. The van der Waals surface area contributed by atoms with Gasteiger partial charge in [-0.25, -0.2) is 4.39 Å². The summed E-state index contributed by atoms with van der Waals surface area (Å²) in [6, 6.07) is 13.9. The monoisotopic (exact) mass is 426 g/mol. The van der Waals surface area contributed by atoms with Gasteiger partial charge in [-0.1, -0.05) is 43.0 Å². The van der Waals surface area contributed by atoms with Crippen molar-refractivity contribution in [2.24, 2.45) is 0 Å². The molecule has 0 aliphatic carbocycles. The molecule has 1 heterocycles. The molecular formula is C23H27FN4OS. The highest BCUT2D eigenvalue weighted by molar-refractivity contribution is 8.00. The number of aromatic nitrogens is 3. The van der Waals surface area contributed by atoms with E-state index in [0.29, 0.717) is 10.7 Å². The molecule has 0 aliphatic rings. The second-order valence-electron chi connectivity index (χ2n) is 7.47. The SMILES string of the molecule is CCc1ccc(C(=O)[C@H](C)Sc2nnc([C@H](C)N(C)C)n2-c2ccc(F)cc2)cc1. The molecule has 0 saturated heterocycles. The van der Waals surface area contributed by atoms with Crippen LogP contribution in [0.2, 0.25) is 0 Å². The van der Waals surface area contributed by atoms with Gasteiger partial charge in [-0.2, -0.15) is 0 Å². The van der Waals surface area contributed by atoms with Crippen molar-refractivity contribution in [2.45, 2.75) is 43.6 Å². The van der Waals surface area contributed by atoms with Crippen molar-refractivity contribution < 1.29 is 9.18 Å². The van der Waals surface area contributed by atoms with Crippen LogP contribution >= 0.6 is 11.8 Å². The zero-order valence-corrected chi connectivity index (χ0v) is 18.8. The lowest BCUT2D eigenvalue weighted by atomic mass is 10.1. The molecule has 1 aromatic heterocycles. The highest BCUT2D eigenvalue weighted by Gasteiger charge is 2.25. The minimum atomic E-state index is -0.344. The first kappa shape index (κ1) is 22.2. The third-order valence-electron chi connectivity index (χ3n) is 5.19. The average Bonchev–Trinajstić information content (AvgIpc) is 3.16. The number of thioether (sulfide) groups is 1. The van der Waals surface area contributed by atoms with Crippen LogP contribution < -0.4 is 0 Å². The van der Waals surface area contributed by atoms with Gasteiger partial charge >= 0.3 is 0 Å². The van der Waals surface area contributed by atoms with Crippen LogP contribution in [0.5, 0.6) is 0 Å². The van der Waals surface area contributed by atoms with Crippen molar-refractivity contribution in [3.63, 3.8) is 0 Å². The topological polar surface area (TPSA) is 51.0 Å². The van der Waals surface area contributed by atoms with Crippen LogP contribution in [0.4, 0.5) is 4.39 Å². The first-order valence-electron chi connectivity index (χ1n) is 9.99. The molecule has 3 aromatic rings. The van der Waals surface area contributed by atoms with E-state index in [-0.39, 0.29) is 22.9 Å². The summed E-state index contributed by atoms with van der Waals surface area (Å²) in [6.07, 6.45) is 0.937. The molecule has 0 bridgehead atoms. The molecule has 0 fully saturated rings. The Morgan fingerprint density at radius 1 is 1.07 bits per heavy atom. The highest BCUT2D eigenvalue weighted by Crippen LogP contribution is 2.30. The lowest BCUT2D eigenvalue weighted by molar-refractivity contribution is 0.0994. The standard InChI is InChI=1S/C23H27FN4OS/c1-6-17-7-9-18(10-8-17)21(29)16(3)30-23-26-25-22(15(2)27(4)5)28(23)20-13-11-19(24)12-14-20/h7-16H,6H2,1-5H3/t15-,16-/m0/s1. The first-order valence-corrected chi connectivity index (χ1v) is 10.9. The van der Waals surface area contributed by atoms with Crippen LogP contribution in [-0.2, 0) is 6.42 Å². The summed E-state index contributed by atoms with van der Waals surface area (Å²) in [4.78, 5) is 15.0. The van der Waals surface area contributed by atoms with Gasteiger partial charge in [0.2, 0.25) is 0 Å². The van der Waals surface area contributed by atoms with Gasteiger partial charge in [0.1, 0.15) is 5.82 Å². The summed E-state index contributed by atoms with van der Waals surface area (Å²) >= 11 is 1.36. The van der Waals surface area contributed by atoms with E-state index in [1.54, 1.807) is 12.1 Å². The van der Waals surface area contributed by atoms with Gasteiger partial charge in [-0.05, 0) is 64.2 Å². The second-order valence-corrected chi connectivity index (χ2v) is 8.77. The number of Topliss-reactive ketones (excluding diaryl/α,β-unsaturated/α-hetero) is 1. The molecular weight excluding hydrogens is 399 g/mol. The fourth-order valence-electron chi connectivity index (χ4n) is 3.04. The summed E-state index contributed by atoms with van der Waals surface area (Å²) < 4.78 is 15.4. The van der Waals surface area contributed by atoms with Crippen LogP contribution in [0.3, 0.4) is 0 Å². The molecule has 0 N–H and O–H groups in total. The third kappa shape index (κ3) is 4.79. The maximum atomic E-state index is 13.5. The normalized spacial score (nSPS) is 13.4. The Morgan fingerprint density at radius 2 is 1.70 bits per heavy atom. The van der Waals surface area contributed by atoms with E-state index in [0.717, 1.165) is 17.9 Å². The van der Waals surface area contributed by atoms with E-state index < -0.39 is 0 Å². The third-order valence-corrected chi connectivity index (χ3v) is 6.23. The van der Waals surface area contributed by atoms with Gasteiger partial charge in [-0.3, -0.25) is 14.3 Å². The molecule has 0 spiro atoms. The lowest BCUT2D eigenvalue weighted by Gasteiger charge is -2.21. The Kier molecular flexibility index (Phi) is 7.05. The van der Waals surface area contributed by atoms with Crippen LogP contribution in [-0.4, -0.2) is 44.8 Å². The van der Waals surface area contributed by atoms with Crippen LogP contribution in [0.25, 0.3) is 5.69 Å².